The highest BCUT2D eigenvalue weighted by molar-refractivity contribution is 6.36. The molecule has 0 aliphatic carbocycles. The predicted octanol–water partition coefficient (Wildman–Crippen LogP) is 5.88. The van der Waals surface area contributed by atoms with Gasteiger partial charge in [0.2, 0.25) is 5.91 Å². The summed E-state index contributed by atoms with van der Waals surface area (Å²) in [6, 6.07) is 21.6. The molecule has 1 unspecified atom stereocenters. The Kier molecular flexibility index (Phi) is 9.58. The number of nitrogens with one attached hydrogen (secondary N) is 1. The molecular formula is C28H30Cl2N2O3. The van der Waals surface area contributed by atoms with Gasteiger partial charge in [0.1, 0.15) is 11.8 Å². The van der Waals surface area contributed by atoms with Crippen LogP contribution in [-0.2, 0) is 22.6 Å². The highest BCUT2D eigenvalue weighted by Gasteiger charge is 2.31. The Morgan fingerprint density at radius 3 is 2.11 bits per heavy atom. The summed E-state index contributed by atoms with van der Waals surface area (Å²) < 4.78 is 5.81. The molecule has 184 valence electrons. The number of nitrogens with zero attached hydrogens (tertiary/aromatic N) is 1. The van der Waals surface area contributed by atoms with Gasteiger partial charge >= 0.3 is 0 Å². The predicted molar refractivity (Wildman–Crippen MR) is 141 cm³/mol. The van der Waals surface area contributed by atoms with Gasteiger partial charge < -0.3 is 15.0 Å². The van der Waals surface area contributed by atoms with E-state index in [1.807, 2.05) is 54.6 Å². The van der Waals surface area contributed by atoms with Crippen molar-refractivity contribution in [1.82, 2.24) is 10.2 Å². The smallest absolute Gasteiger partial charge is 0.261 e. The van der Waals surface area contributed by atoms with E-state index in [1.54, 1.807) is 25.2 Å². The first-order chi connectivity index (χ1) is 16.8. The third-order valence-electron chi connectivity index (χ3n) is 5.82. The van der Waals surface area contributed by atoms with E-state index in [9.17, 15) is 9.59 Å². The minimum Gasteiger partial charge on any atom is -0.484 e. The van der Waals surface area contributed by atoms with Crippen LogP contribution in [0.15, 0.2) is 72.8 Å². The largest absolute Gasteiger partial charge is 0.484 e. The van der Waals surface area contributed by atoms with Gasteiger partial charge in [0.05, 0.1) is 0 Å². The number of hydrogen-bond acceptors (Lipinski definition) is 3. The summed E-state index contributed by atoms with van der Waals surface area (Å²) in [5.41, 5.74) is 2.68. The standard InChI is InChI=1S/C28H30Cl2N2O3/c1-19(2)21-12-14-22(15-13-21)35-18-27(33)32(17-23-24(29)10-7-11-25(23)30)26(28(34)31-3)16-20-8-5-4-6-9-20/h4-15,19,26H,16-18H2,1-3H3,(H,31,34). The molecule has 0 aromatic heterocycles. The summed E-state index contributed by atoms with van der Waals surface area (Å²) in [4.78, 5) is 28.0. The van der Waals surface area contributed by atoms with Gasteiger partial charge in [-0.05, 0) is 41.3 Å². The summed E-state index contributed by atoms with van der Waals surface area (Å²) in [7, 11) is 1.55. The van der Waals surface area contributed by atoms with E-state index in [4.69, 9.17) is 27.9 Å². The fourth-order valence-electron chi connectivity index (χ4n) is 3.75. The summed E-state index contributed by atoms with van der Waals surface area (Å²) in [6.07, 6.45) is 0.331. The van der Waals surface area contributed by atoms with Crippen LogP contribution >= 0.6 is 23.2 Å². The van der Waals surface area contributed by atoms with Gasteiger partial charge in [0.15, 0.2) is 6.61 Å². The fourth-order valence-corrected chi connectivity index (χ4v) is 4.27. The number of hydrogen-bond donors (Lipinski definition) is 1. The van der Waals surface area contributed by atoms with E-state index in [0.717, 1.165) is 5.56 Å². The van der Waals surface area contributed by atoms with Crippen molar-refractivity contribution in [2.45, 2.75) is 38.8 Å². The maximum absolute atomic E-state index is 13.5. The van der Waals surface area contributed by atoms with Crippen LogP contribution in [0.4, 0.5) is 0 Å². The second-order valence-electron chi connectivity index (χ2n) is 8.55. The molecule has 0 spiro atoms. The lowest BCUT2D eigenvalue weighted by molar-refractivity contribution is -0.142. The number of benzene rings is 3. The van der Waals surface area contributed by atoms with Gasteiger partial charge in [0, 0.05) is 35.6 Å². The van der Waals surface area contributed by atoms with Crippen LogP contribution in [0.2, 0.25) is 10.0 Å². The molecule has 3 aromatic carbocycles. The third kappa shape index (κ3) is 7.23. The first-order valence-corrected chi connectivity index (χ1v) is 12.3. The van der Waals surface area contributed by atoms with Gasteiger partial charge in [-0.2, -0.15) is 0 Å². The maximum Gasteiger partial charge on any atom is 0.261 e. The second kappa shape index (κ2) is 12.6. The topological polar surface area (TPSA) is 58.6 Å². The maximum atomic E-state index is 13.5. The van der Waals surface area contributed by atoms with Gasteiger partial charge in [-0.1, -0.05) is 85.6 Å². The molecule has 0 fully saturated rings. The Bertz CT molecular complexity index is 1110. The van der Waals surface area contributed by atoms with Gasteiger partial charge in [-0.3, -0.25) is 9.59 Å². The van der Waals surface area contributed by atoms with Gasteiger partial charge in [-0.25, -0.2) is 0 Å². The monoisotopic (exact) mass is 512 g/mol. The number of carbonyl (C=O) groups excluding carboxylic acids is 2. The molecule has 0 aliphatic heterocycles. The molecule has 35 heavy (non-hydrogen) atoms. The first kappa shape index (κ1) is 26.6. The number of rotatable bonds is 10. The molecule has 3 rings (SSSR count). The summed E-state index contributed by atoms with van der Waals surface area (Å²) in [5.74, 6) is 0.344. The lowest BCUT2D eigenvalue weighted by Crippen LogP contribution is -2.51. The van der Waals surface area contributed by atoms with Crippen molar-refractivity contribution in [2.24, 2.45) is 0 Å². The minimum absolute atomic E-state index is 0.0674. The normalized spacial score (nSPS) is 11.7. The van der Waals surface area contributed by atoms with Crippen molar-refractivity contribution in [3.63, 3.8) is 0 Å². The highest BCUT2D eigenvalue weighted by atomic mass is 35.5. The average molecular weight is 513 g/mol. The molecule has 5 nitrogen and oxygen atoms in total. The van der Waals surface area contributed by atoms with Crippen molar-refractivity contribution in [1.29, 1.82) is 0 Å². The number of likely N-dealkylation sites (N-methyl/N-ethyl adjacent to an activating group) is 1. The molecule has 2 amide bonds. The molecular weight excluding hydrogens is 483 g/mol. The van der Waals surface area contributed by atoms with E-state index in [1.165, 1.54) is 10.5 Å². The minimum atomic E-state index is -0.783. The van der Waals surface area contributed by atoms with Gasteiger partial charge in [0.25, 0.3) is 5.91 Å². The van der Waals surface area contributed by atoms with Crippen LogP contribution < -0.4 is 10.1 Å². The van der Waals surface area contributed by atoms with Crippen LogP contribution in [0.3, 0.4) is 0 Å². The van der Waals surface area contributed by atoms with E-state index >= 15 is 0 Å². The van der Waals surface area contributed by atoms with E-state index < -0.39 is 6.04 Å². The first-order valence-electron chi connectivity index (χ1n) is 11.5. The molecule has 7 heteroatoms. The molecule has 3 aromatic rings. The summed E-state index contributed by atoms with van der Waals surface area (Å²) in [6.45, 7) is 4.06. The molecule has 0 saturated heterocycles. The Hall–Kier alpha value is -3.02. The average Bonchev–Trinajstić information content (AvgIpc) is 2.86. The van der Waals surface area contributed by atoms with Crippen molar-refractivity contribution in [3.05, 3.63) is 99.5 Å². The molecule has 0 radical (unpaired) electrons. The van der Waals surface area contributed by atoms with E-state index in [2.05, 4.69) is 19.2 Å². The van der Waals surface area contributed by atoms with Crippen LogP contribution in [0.5, 0.6) is 5.75 Å². The van der Waals surface area contributed by atoms with Crippen molar-refractivity contribution < 1.29 is 14.3 Å². The van der Waals surface area contributed by atoms with E-state index in [-0.39, 0.29) is 25.0 Å². The molecule has 0 bridgehead atoms. The van der Waals surface area contributed by atoms with Gasteiger partial charge in [-0.15, -0.1) is 0 Å². The van der Waals surface area contributed by atoms with Crippen molar-refractivity contribution in [3.8, 4) is 5.75 Å². The molecule has 0 heterocycles. The highest BCUT2D eigenvalue weighted by Crippen LogP contribution is 2.27. The number of amides is 2. The zero-order valence-corrected chi connectivity index (χ0v) is 21.6. The number of carbonyl (C=O) groups is 2. The van der Waals surface area contributed by atoms with Crippen LogP contribution in [0.1, 0.15) is 36.5 Å². The zero-order valence-electron chi connectivity index (χ0n) is 20.1. The molecule has 0 aliphatic rings. The SMILES string of the molecule is CNC(=O)C(Cc1ccccc1)N(Cc1c(Cl)cccc1Cl)C(=O)COc1ccc(C(C)C)cc1. The number of halogens is 2. The van der Waals surface area contributed by atoms with E-state index in [0.29, 0.717) is 33.7 Å². The van der Waals surface area contributed by atoms with Crippen LogP contribution in [-0.4, -0.2) is 36.4 Å². The third-order valence-corrected chi connectivity index (χ3v) is 6.52. The lowest BCUT2D eigenvalue weighted by atomic mass is 10.0. The lowest BCUT2D eigenvalue weighted by Gasteiger charge is -2.31. The molecule has 1 N–H and O–H groups in total. The fraction of sp³-hybridized carbons (Fsp3) is 0.286. The Morgan fingerprint density at radius 1 is 0.914 bits per heavy atom. The van der Waals surface area contributed by atoms with Crippen molar-refractivity contribution >= 4 is 35.0 Å². The Morgan fingerprint density at radius 2 is 1.54 bits per heavy atom. The molecule has 0 saturated carbocycles. The zero-order chi connectivity index (χ0) is 25.4. The Labute approximate surface area is 217 Å². The second-order valence-corrected chi connectivity index (χ2v) is 9.37. The van der Waals surface area contributed by atoms with Crippen LogP contribution in [0.25, 0.3) is 0 Å². The Balaban J connectivity index is 1.89. The molecule has 1 atom stereocenters. The number of ether oxygens (including phenoxy) is 1. The van der Waals surface area contributed by atoms with Crippen LogP contribution in [0, 0.1) is 0 Å². The summed E-state index contributed by atoms with van der Waals surface area (Å²) in [5, 5.41) is 3.54. The quantitative estimate of drug-likeness (QED) is 0.368. The van der Waals surface area contributed by atoms with Crippen molar-refractivity contribution in [2.75, 3.05) is 13.7 Å². The summed E-state index contributed by atoms with van der Waals surface area (Å²) >= 11 is 12.8.